The summed E-state index contributed by atoms with van der Waals surface area (Å²) in [6, 6.07) is 6.18. The van der Waals surface area contributed by atoms with Crippen molar-refractivity contribution in [2.75, 3.05) is 13.2 Å². The number of rotatable bonds is 1. The van der Waals surface area contributed by atoms with Crippen molar-refractivity contribution in [3.8, 4) is 0 Å². The molecular weight excluding hydrogens is 232 g/mol. The second-order valence-electron chi connectivity index (χ2n) is 3.55. The van der Waals surface area contributed by atoms with E-state index in [1.165, 1.54) is 0 Å². The minimum Gasteiger partial charge on any atom is -0.458 e. The summed E-state index contributed by atoms with van der Waals surface area (Å²) < 4.78 is 9.66. The first-order valence-electron chi connectivity index (χ1n) is 5.74. The van der Waals surface area contributed by atoms with Crippen LogP contribution in [0.3, 0.4) is 0 Å². The summed E-state index contributed by atoms with van der Waals surface area (Å²) in [5.74, 6) is -0.788. The monoisotopic (exact) mass is 248 g/mol. The Bertz CT molecular complexity index is 383. The highest BCUT2D eigenvalue weighted by Gasteiger charge is 2.13. The molecule has 0 radical (unpaired) electrons. The zero-order valence-corrected chi connectivity index (χ0v) is 10.3. The van der Waals surface area contributed by atoms with E-state index in [1.807, 2.05) is 6.08 Å². The maximum absolute atomic E-state index is 11.3. The molecule has 18 heavy (non-hydrogen) atoms. The normalized spacial score (nSPS) is 13.8. The number of hydrogen-bond donors (Lipinski definition) is 0. The Balaban J connectivity index is 0.000000357. The summed E-state index contributed by atoms with van der Waals surface area (Å²) in [5.41, 5.74) is 0.895. The van der Waals surface area contributed by atoms with Crippen LogP contribution in [0.5, 0.6) is 0 Å². The number of ether oxygens (including phenoxy) is 2. The molecule has 0 spiro atoms. The lowest BCUT2D eigenvalue weighted by Crippen LogP contribution is -2.16. The van der Waals surface area contributed by atoms with Crippen LogP contribution < -0.4 is 0 Å². The van der Waals surface area contributed by atoms with Gasteiger partial charge in [-0.1, -0.05) is 13.0 Å². The average molecular weight is 248 g/mol. The van der Waals surface area contributed by atoms with Gasteiger partial charge in [-0.2, -0.15) is 0 Å². The van der Waals surface area contributed by atoms with Gasteiger partial charge in [0.15, 0.2) is 0 Å². The zero-order chi connectivity index (χ0) is 13.4. The Kier molecular flexibility index (Phi) is 5.64. The van der Waals surface area contributed by atoms with Gasteiger partial charge in [0.25, 0.3) is 0 Å². The molecule has 0 fully saturated rings. The van der Waals surface area contributed by atoms with Crippen molar-refractivity contribution in [3.63, 3.8) is 0 Å². The Morgan fingerprint density at radius 2 is 1.39 bits per heavy atom. The topological polar surface area (TPSA) is 52.6 Å². The Morgan fingerprint density at radius 3 is 1.67 bits per heavy atom. The van der Waals surface area contributed by atoms with Crippen LogP contribution in [0.1, 0.15) is 34.1 Å². The first-order chi connectivity index (χ1) is 8.69. The molecule has 0 atom stereocenters. The van der Waals surface area contributed by atoms with Crippen molar-refractivity contribution in [3.05, 3.63) is 48.0 Å². The fourth-order valence-electron chi connectivity index (χ4n) is 1.18. The SMILES string of the molecule is C=CCC.O=C1OCCOC(=O)c2ccc1cc2. The maximum Gasteiger partial charge on any atom is 0.338 e. The largest absolute Gasteiger partial charge is 0.458 e. The third kappa shape index (κ3) is 4.05. The number of esters is 2. The molecule has 2 bridgehead atoms. The summed E-state index contributed by atoms with van der Waals surface area (Å²) in [4.78, 5) is 22.5. The number of benzene rings is 1. The molecule has 96 valence electrons. The first-order valence-corrected chi connectivity index (χ1v) is 5.74. The highest BCUT2D eigenvalue weighted by atomic mass is 16.6. The molecule has 0 aliphatic carbocycles. The standard InChI is InChI=1S/C10H8O4.C4H8/c11-9-7-1-2-8(4-3-7)10(12)14-6-5-13-9;1-3-4-2/h1-4H,5-6H2;3H,1,4H2,2H3. The summed E-state index contributed by atoms with van der Waals surface area (Å²) in [6.45, 7) is 5.74. The quantitative estimate of drug-likeness (QED) is 0.566. The van der Waals surface area contributed by atoms with E-state index in [9.17, 15) is 9.59 Å². The van der Waals surface area contributed by atoms with Gasteiger partial charge in [-0.05, 0) is 30.7 Å². The number of carbonyl (C=O) groups is 2. The van der Waals surface area contributed by atoms with Crippen LogP contribution in [0.15, 0.2) is 36.9 Å². The van der Waals surface area contributed by atoms with Crippen molar-refractivity contribution in [2.45, 2.75) is 13.3 Å². The Morgan fingerprint density at radius 1 is 1.06 bits per heavy atom. The van der Waals surface area contributed by atoms with E-state index in [0.717, 1.165) is 6.42 Å². The van der Waals surface area contributed by atoms with Crippen LogP contribution >= 0.6 is 0 Å². The summed E-state index contributed by atoms with van der Waals surface area (Å²) in [7, 11) is 0. The molecule has 2 heterocycles. The molecule has 3 rings (SSSR count). The van der Waals surface area contributed by atoms with Crippen molar-refractivity contribution in [1.82, 2.24) is 0 Å². The minimum atomic E-state index is -0.394. The van der Waals surface area contributed by atoms with Crippen LogP contribution in [0.4, 0.5) is 0 Å². The third-order valence-electron chi connectivity index (χ3n) is 2.19. The number of fused-ring (bicyclic) bond motifs is 7. The highest BCUT2D eigenvalue weighted by Crippen LogP contribution is 2.09. The van der Waals surface area contributed by atoms with E-state index in [1.54, 1.807) is 24.3 Å². The Labute approximate surface area is 106 Å². The molecule has 1 aromatic carbocycles. The first kappa shape index (κ1) is 14.0. The molecule has 0 aromatic heterocycles. The van der Waals surface area contributed by atoms with Crippen molar-refractivity contribution in [1.29, 1.82) is 0 Å². The molecule has 1 aromatic rings. The fraction of sp³-hybridized carbons (Fsp3) is 0.286. The molecule has 0 N–H and O–H groups in total. The van der Waals surface area contributed by atoms with Gasteiger partial charge >= 0.3 is 11.9 Å². The molecule has 0 saturated carbocycles. The Hall–Kier alpha value is -2.10. The molecule has 4 nitrogen and oxygen atoms in total. The summed E-state index contributed by atoms with van der Waals surface area (Å²) in [5, 5.41) is 0. The minimum absolute atomic E-state index is 0.100. The van der Waals surface area contributed by atoms with Gasteiger partial charge in [0, 0.05) is 0 Å². The van der Waals surface area contributed by atoms with E-state index < -0.39 is 11.9 Å². The summed E-state index contributed by atoms with van der Waals surface area (Å²) in [6.07, 6.45) is 2.96. The predicted molar refractivity (Wildman–Crippen MR) is 67.5 cm³/mol. The second-order valence-corrected chi connectivity index (χ2v) is 3.55. The third-order valence-corrected chi connectivity index (χ3v) is 2.19. The molecule has 0 saturated heterocycles. The van der Waals surface area contributed by atoms with Crippen LogP contribution in [0.2, 0.25) is 0 Å². The van der Waals surface area contributed by atoms with Gasteiger partial charge in [0.2, 0.25) is 0 Å². The number of allylic oxidation sites excluding steroid dienone is 1. The lowest BCUT2D eigenvalue weighted by molar-refractivity contribution is 0.0260. The van der Waals surface area contributed by atoms with Crippen LogP contribution in [0.25, 0.3) is 0 Å². The number of carbonyl (C=O) groups excluding carboxylic acids is 2. The second kappa shape index (κ2) is 7.27. The molecule has 2 aliphatic rings. The molecular formula is C14H16O4. The van der Waals surface area contributed by atoms with Crippen LogP contribution in [-0.4, -0.2) is 25.2 Å². The maximum atomic E-state index is 11.3. The fourth-order valence-corrected chi connectivity index (χ4v) is 1.18. The van der Waals surface area contributed by atoms with Crippen LogP contribution in [-0.2, 0) is 9.47 Å². The van der Waals surface area contributed by atoms with Crippen molar-refractivity contribution in [2.24, 2.45) is 0 Å². The average Bonchev–Trinajstić information content (AvgIpc) is 2.43. The molecule has 4 heteroatoms. The smallest absolute Gasteiger partial charge is 0.338 e. The van der Waals surface area contributed by atoms with Gasteiger partial charge in [-0.3, -0.25) is 0 Å². The van der Waals surface area contributed by atoms with Gasteiger partial charge < -0.3 is 9.47 Å². The lowest BCUT2D eigenvalue weighted by atomic mass is 10.1. The van der Waals surface area contributed by atoms with E-state index in [2.05, 4.69) is 13.5 Å². The van der Waals surface area contributed by atoms with E-state index in [0.29, 0.717) is 11.1 Å². The van der Waals surface area contributed by atoms with E-state index in [4.69, 9.17) is 9.47 Å². The zero-order valence-electron chi connectivity index (χ0n) is 10.3. The van der Waals surface area contributed by atoms with Gasteiger partial charge in [-0.15, -0.1) is 6.58 Å². The molecule has 0 amide bonds. The predicted octanol–water partition coefficient (Wildman–Crippen LogP) is 2.60. The number of hydrogen-bond acceptors (Lipinski definition) is 4. The summed E-state index contributed by atoms with van der Waals surface area (Å²) >= 11 is 0. The van der Waals surface area contributed by atoms with E-state index in [-0.39, 0.29) is 13.2 Å². The lowest BCUT2D eigenvalue weighted by Gasteiger charge is -2.09. The van der Waals surface area contributed by atoms with Gasteiger partial charge in [0.05, 0.1) is 11.1 Å². The molecule has 0 unspecified atom stereocenters. The van der Waals surface area contributed by atoms with Gasteiger partial charge in [-0.25, -0.2) is 9.59 Å². The van der Waals surface area contributed by atoms with Crippen molar-refractivity contribution < 1.29 is 19.1 Å². The molecule has 2 aliphatic heterocycles. The van der Waals surface area contributed by atoms with Crippen molar-refractivity contribution >= 4 is 11.9 Å². The highest BCUT2D eigenvalue weighted by molar-refractivity contribution is 5.93. The van der Waals surface area contributed by atoms with Crippen LogP contribution in [0, 0.1) is 0 Å². The van der Waals surface area contributed by atoms with E-state index >= 15 is 0 Å². The van der Waals surface area contributed by atoms with Gasteiger partial charge in [0.1, 0.15) is 13.2 Å².